The van der Waals surface area contributed by atoms with Gasteiger partial charge in [0.15, 0.2) is 0 Å². The minimum atomic E-state index is -0.373. The highest BCUT2D eigenvalue weighted by Crippen LogP contribution is 2.22. The molecule has 0 unspecified atom stereocenters. The van der Waals surface area contributed by atoms with Crippen LogP contribution in [0.5, 0.6) is 0 Å². The van der Waals surface area contributed by atoms with Crippen LogP contribution in [0.1, 0.15) is 25.3 Å². The quantitative estimate of drug-likeness (QED) is 0.836. The summed E-state index contributed by atoms with van der Waals surface area (Å²) in [7, 11) is 0. The lowest BCUT2D eigenvalue weighted by Crippen LogP contribution is -2.14. The number of hydrogen-bond donors (Lipinski definition) is 1. The van der Waals surface area contributed by atoms with E-state index < -0.39 is 0 Å². The normalized spacial score (nSPS) is 9.94. The summed E-state index contributed by atoms with van der Waals surface area (Å²) in [5.74, 6) is -0.628. The van der Waals surface area contributed by atoms with Crippen molar-refractivity contribution < 1.29 is 14.3 Å². The van der Waals surface area contributed by atoms with Crippen LogP contribution in [0.4, 0.5) is 5.69 Å². The number of hydrogen-bond acceptors (Lipinski definition) is 3. The van der Waals surface area contributed by atoms with Crippen LogP contribution in [0.25, 0.3) is 0 Å². The number of amides is 1. The second-order valence-electron chi connectivity index (χ2n) is 3.84. The van der Waals surface area contributed by atoms with E-state index in [1.165, 1.54) is 0 Å². The topological polar surface area (TPSA) is 55.4 Å². The molecule has 1 rings (SSSR count). The highest BCUT2D eigenvalue weighted by molar-refractivity contribution is 6.33. The molecule has 1 aromatic carbocycles. The Morgan fingerprint density at radius 2 is 2.06 bits per heavy atom. The van der Waals surface area contributed by atoms with E-state index in [4.69, 9.17) is 16.3 Å². The number of benzene rings is 1. The van der Waals surface area contributed by atoms with Crippen molar-refractivity contribution in [3.63, 3.8) is 0 Å². The Morgan fingerprint density at radius 3 is 2.67 bits per heavy atom. The Morgan fingerprint density at radius 1 is 1.33 bits per heavy atom. The Hall–Kier alpha value is -1.55. The summed E-state index contributed by atoms with van der Waals surface area (Å²) < 4.78 is 4.74. The molecule has 0 spiro atoms. The summed E-state index contributed by atoms with van der Waals surface area (Å²) in [4.78, 5) is 22.7. The van der Waals surface area contributed by atoms with Gasteiger partial charge < -0.3 is 10.1 Å². The maximum absolute atomic E-state index is 11.6. The number of carbonyl (C=O) groups excluding carboxylic acids is 2. The number of carbonyl (C=O) groups is 2. The first-order valence-corrected chi connectivity index (χ1v) is 6.12. The lowest BCUT2D eigenvalue weighted by Gasteiger charge is -2.07. The average molecular weight is 270 g/mol. The zero-order valence-corrected chi connectivity index (χ0v) is 11.2. The largest absolute Gasteiger partial charge is 0.466 e. The smallest absolute Gasteiger partial charge is 0.306 e. The molecule has 1 aromatic rings. The minimum absolute atomic E-state index is 0.0726. The van der Waals surface area contributed by atoms with Gasteiger partial charge in [0, 0.05) is 6.42 Å². The summed E-state index contributed by atoms with van der Waals surface area (Å²) in [6.45, 7) is 3.96. The van der Waals surface area contributed by atoms with Gasteiger partial charge in [0.2, 0.25) is 5.91 Å². The molecule has 1 amide bonds. The van der Waals surface area contributed by atoms with Gasteiger partial charge in [-0.05, 0) is 31.5 Å². The molecule has 0 radical (unpaired) electrons. The second-order valence-corrected chi connectivity index (χ2v) is 4.24. The molecule has 0 aliphatic carbocycles. The van der Waals surface area contributed by atoms with Gasteiger partial charge in [-0.1, -0.05) is 17.7 Å². The van der Waals surface area contributed by atoms with Gasteiger partial charge in [0.05, 0.1) is 23.7 Å². The lowest BCUT2D eigenvalue weighted by atomic mass is 10.2. The van der Waals surface area contributed by atoms with Gasteiger partial charge >= 0.3 is 5.97 Å². The predicted molar refractivity (Wildman–Crippen MR) is 70.7 cm³/mol. The van der Waals surface area contributed by atoms with E-state index in [0.29, 0.717) is 17.3 Å². The third-order valence-corrected chi connectivity index (χ3v) is 2.57. The molecule has 0 aromatic heterocycles. The molecule has 4 nitrogen and oxygen atoms in total. The number of esters is 1. The maximum Gasteiger partial charge on any atom is 0.306 e. The molecular formula is C13H16ClNO3. The molecule has 0 fully saturated rings. The van der Waals surface area contributed by atoms with Crippen LogP contribution in [0, 0.1) is 6.92 Å². The molecular weight excluding hydrogens is 254 g/mol. The van der Waals surface area contributed by atoms with Crippen molar-refractivity contribution >= 4 is 29.2 Å². The van der Waals surface area contributed by atoms with Crippen LogP contribution in [0.15, 0.2) is 18.2 Å². The summed E-state index contributed by atoms with van der Waals surface area (Å²) >= 11 is 5.98. The highest BCUT2D eigenvalue weighted by Gasteiger charge is 2.09. The lowest BCUT2D eigenvalue weighted by molar-refractivity contribution is -0.144. The molecule has 0 heterocycles. The van der Waals surface area contributed by atoms with Gasteiger partial charge in [0.1, 0.15) is 0 Å². The standard InChI is InChI=1S/C13H16ClNO3/c1-3-18-13(17)7-6-12(16)15-11-5-4-9(2)8-10(11)14/h4-5,8H,3,6-7H2,1-2H3,(H,15,16). The van der Waals surface area contributed by atoms with Crippen LogP contribution in [0.2, 0.25) is 5.02 Å². The third-order valence-electron chi connectivity index (χ3n) is 2.26. The Labute approximate surface area is 111 Å². The SMILES string of the molecule is CCOC(=O)CCC(=O)Nc1ccc(C)cc1Cl. The van der Waals surface area contributed by atoms with Crippen LogP contribution in [-0.2, 0) is 14.3 Å². The molecule has 5 heteroatoms. The average Bonchev–Trinajstić information content (AvgIpc) is 2.31. The second kappa shape index (κ2) is 7.01. The van der Waals surface area contributed by atoms with E-state index in [9.17, 15) is 9.59 Å². The van der Waals surface area contributed by atoms with Crippen LogP contribution >= 0.6 is 11.6 Å². The first kappa shape index (κ1) is 14.5. The first-order chi connectivity index (χ1) is 8.52. The number of ether oxygens (including phenoxy) is 1. The molecule has 18 heavy (non-hydrogen) atoms. The van der Waals surface area contributed by atoms with E-state index in [0.717, 1.165) is 5.56 Å². The first-order valence-electron chi connectivity index (χ1n) is 5.74. The van der Waals surface area contributed by atoms with Crippen molar-refractivity contribution in [1.82, 2.24) is 0 Å². The van der Waals surface area contributed by atoms with Gasteiger partial charge in [-0.2, -0.15) is 0 Å². The van der Waals surface area contributed by atoms with Gasteiger partial charge in [-0.3, -0.25) is 9.59 Å². The fourth-order valence-electron chi connectivity index (χ4n) is 1.38. The molecule has 0 saturated carbocycles. The molecule has 0 aliphatic rings. The van der Waals surface area contributed by atoms with Crippen LogP contribution in [0.3, 0.4) is 0 Å². The molecule has 1 N–H and O–H groups in total. The fourth-order valence-corrected chi connectivity index (χ4v) is 1.67. The van der Waals surface area contributed by atoms with Crippen molar-refractivity contribution in [3.8, 4) is 0 Å². The van der Waals surface area contributed by atoms with E-state index in [1.54, 1.807) is 19.1 Å². The summed E-state index contributed by atoms with van der Waals surface area (Å²) in [6, 6.07) is 5.36. The molecule has 0 aliphatic heterocycles. The number of anilines is 1. The number of halogens is 1. The maximum atomic E-state index is 11.6. The summed E-state index contributed by atoms with van der Waals surface area (Å²) in [6.07, 6.45) is 0.159. The predicted octanol–water partition coefficient (Wildman–Crippen LogP) is 2.93. The Bertz CT molecular complexity index is 446. The number of nitrogens with one attached hydrogen (secondary N) is 1. The van der Waals surface area contributed by atoms with Gasteiger partial charge in [-0.15, -0.1) is 0 Å². The van der Waals surface area contributed by atoms with Gasteiger partial charge in [0.25, 0.3) is 0 Å². The fraction of sp³-hybridized carbons (Fsp3) is 0.385. The minimum Gasteiger partial charge on any atom is -0.466 e. The molecule has 0 atom stereocenters. The Balaban J connectivity index is 2.47. The molecule has 98 valence electrons. The number of rotatable bonds is 5. The monoisotopic (exact) mass is 269 g/mol. The Kier molecular flexibility index (Phi) is 5.65. The summed E-state index contributed by atoms with van der Waals surface area (Å²) in [5.41, 5.74) is 1.57. The van der Waals surface area contributed by atoms with Crippen molar-refractivity contribution in [3.05, 3.63) is 28.8 Å². The van der Waals surface area contributed by atoms with E-state index >= 15 is 0 Å². The zero-order valence-electron chi connectivity index (χ0n) is 10.5. The third kappa shape index (κ3) is 4.75. The van der Waals surface area contributed by atoms with E-state index in [2.05, 4.69) is 5.32 Å². The van der Waals surface area contributed by atoms with Crippen LogP contribution < -0.4 is 5.32 Å². The van der Waals surface area contributed by atoms with Crippen molar-refractivity contribution in [2.75, 3.05) is 11.9 Å². The highest BCUT2D eigenvalue weighted by atomic mass is 35.5. The van der Waals surface area contributed by atoms with Crippen molar-refractivity contribution in [2.24, 2.45) is 0 Å². The van der Waals surface area contributed by atoms with Crippen LogP contribution in [-0.4, -0.2) is 18.5 Å². The molecule has 0 bridgehead atoms. The van der Waals surface area contributed by atoms with E-state index in [-0.39, 0.29) is 24.7 Å². The molecule has 0 saturated heterocycles. The summed E-state index contributed by atoms with van der Waals surface area (Å²) in [5, 5.41) is 3.14. The van der Waals surface area contributed by atoms with Gasteiger partial charge in [-0.25, -0.2) is 0 Å². The zero-order chi connectivity index (χ0) is 13.5. The van der Waals surface area contributed by atoms with Crippen molar-refractivity contribution in [1.29, 1.82) is 0 Å². The number of aryl methyl sites for hydroxylation is 1. The van der Waals surface area contributed by atoms with Crippen molar-refractivity contribution in [2.45, 2.75) is 26.7 Å². The van der Waals surface area contributed by atoms with E-state index in [1.807, 2.05) is 13.0 Å².